The summed E-state index contributed by atoms with van der Waals surface area (Å²) >= 11 is 0. The number of carbonyl (C=O) groups excluding carboxylic acids is 2. The van der Waals surface area contributed by atoms with Crippen LogP contribution in [0, 0.1) is 0 Å². The van der Waals surface area contributed by atoms with Gasteiger partial charge in [0.25, 0.3) is 5.91 Å². The largest absolute Gasteiger partial charge is 0.433 e. The monoisotopic (exact) mass is 187 g/mol. The van der Waals surface area contributed by atoms with Crippen molar-refractivity contribution in [2.75, 3.05) is 6.54 Å². The number of cyclic esters (lactones) is 1. The smallest absolute Gasteiger partial charge is 0.417 e. The van der Waals surface area contributed by atoms with E-state index in [4.69, 9.17) is 4.74 Å². The molecule has 0 bridgehead atoms. The van der Waals surface area contributed by atoms with Crippen LogP contribution in [0.15, 0.2) is 0 Å². The summed E-state index contributed by atoms with van der Waals surface area (Å²) in [6.45, 7) is 9.29. The van der Waals surface area contributed by atoms with Gasteiger partial charge in [0.1, 0.15) is 0 Å². The lowest BCUT2D eigenvalue weighted by Crippen LogP contribution is -2.35. The Bertz CT molecular complexity index is 211. The highest BCUT2D eigenvalue weighted by atomic mass is 16.6. The Hall–Kier alpha value is -1.06. The van der Waals surface area contributed by atoms with Crippen LogP contribution in [0.25, 0.3) is 0 Å². The molecular weight excluding hydrogens is 170 g/mol. The van der Waals surface area contributed by atoms with Crippen LogP contribution in [0.1, 0.15) is 34.6 Å². The highest BCUT2D eigenvalue weighted by Crippen LogP contribution is 2.22. The minimum Gasteiger partial charge on any atom is -0.433 e. The van der Waals surface area contributed by atoms with Gasteiger partial charge in [-0.2, -0.15) is 0 Å². The van der Waals surface area contributed by atoms with Crippen LogP contribution in [0.3, 0.4) is 0 Å². The summed E-state index contributed by atoms with van der Waals surface area (Å²) in [6, 6.07) is 0. The summed E-state index contributed by atoms with van der Waals surface area (Å²) in [6.07, 6.45) is -0.539. The molecule has 0 N–H and O–H groups in total. The first kappa shape index (κ1) is 11.9. The third-order valence-electron chi connectivity index (χ3n) is 1.64. The van der Waals surface area contributed by atoms with Crippen LogP contribution in [0.4, 0.5) is 4.79 Å². The molecule has 0 aromatic carbocycles. The van der Waals surface area contributed by atoms with Gasteiger partial charge >= 0.3 is 6.09 Å². The maximum absolute atomic E-state index is 11.2. The molecule has 0 aliphatic carbocycles. The van der Waals surface area contributed by atoms with Crippen molar-refractivity contribution in [1.82, 2.24) is 4.90 Å². The number of ether oxygens (including phenoxy) is 1. The van der Waals surface area contributed by atoms with E-state index in [0.29, 0.717) is 6.54 Å². The Labute approximate surface area is 78.9 Å². The summed E-state index contributed by atoms with van der Waals surface area (Å²) in [5.74, 6) is -0.259. The van der Waals surface area contributed by atoms with E-state index in [1.54, 1.807) is 20.8 Å². The molecule has 1 rings (SSSR count). The molecule has 13 heavy (non-hydrogen) atoms. The lowest BCUT2D eigenvalue weighted by atomic mass is 10.1. The first-order chi connectivity index (χ1) is 5.99. The zero-order chi connectivity index (χ0) is 10.6. The molecule has 1 aliphatic heterocycles. The van der Waals surface area contributed by atoms with Crippen molar-refractivity contribution in [3.8, 4) is 0 Å². The molecule has 0 saturated carbocycles. The minimum atomic E-state index is -0.965. The predicted octanol–water partition coefficient (Wildman–Crippen LogP) is 1.79. The van der Waals surface area contributed by atoms with Gasteiger partial charge in [-0.25, -0.2) is 9.69 Å². The van der Waals surface area contributed by atoms with E-state index >= 15 is 0 Å². The van der Waals surface area contributed by atoms with E-state index < -0.39 is 11.7 Å². The van der Waals surface area contributed by atoms with Gasteiger partial charge < -0.3 is 4.74 Å². The summed E-state index contributed by atoms with van der Waals surface area (Å²) in [5.41, 5.74) is -0.965. The Balaban J connectivity index is 0.000000671. The minimum absolute atomic E-state index is 0.259. The molecule has 4 nitrogen and oxygen atoms in total. The molecule has 0 aromatic rings. The van der Waals surface area contributed by atoms with E-state index in [0.717, 1.165) is 4.90 Å². The Morgan fingerprint density at radius 3 is 1.92 bits per heavy atom. The lowest BCUT2D eigenvalue weighted by Gasteiger charge is -2.11. The molecule has 1 aliphatic rings. The molecule has 4 heteroatoms. The van der Waals surface area contributed by atoms with Gasteiger partial charge in [-0.05, 0) is 20.8 Å². The number of nitrogens with zero attached hydrogens (tertiary/aromatic N) is 1. The van der Waals surface area contributed by atoms with Crippen molar-refractivity contribution < 1.29 is 14.3 Å². The number of likely N-dealkylation sites (N-methyl/N-ethyl adjacent to an activating group) is 1. The van der Waals surface area contributed by atoms with Gasteiger partial charge in [0.05, 0.1) is 0 Å². The summed E-state index contributed by atoms with van der Waals surface area (Å²) in [4.78, 5) is 23.3. The first-order valence-corrected chi connectivity index (χ1v) is 4.54. The number of amides is 2. The number of imide groups is 1. The molecule has 1 heterocycles. The highest BCUT2D eigenvalue weighted by molar-refractivity contribution is 6.02. The Morgan fingerprint density at radius 1 is 1.31 bits per heavy atom. The fourth-order valence-electron chi connectivity index (χ4n) is 0.998. The van der Waals surface area contributed by atoms with E-state index in [1.165, 1.54) is 0 Å². The van der Waals surface area contributed by atoms with Crippen LogP contribution in [-0.4, -0.2) is 29.0 Å². The molecule has 1 saturated heterocycles. The number of hydrogen-bond donors (Lipinski definition) is 0. The third kappa shape index (κ3) is 2.20. The average molecular weight is 187 g/mol. The molecule has 0 spiro atoms. The van der Waals surface area contributed by atoms with Crippen LogP contribution < -0.4 is 0 Å². The quantitative estimate of drug-likeness (QED) is 0.628. The third-order valence-corrected chi connectivity index (χ3v) is 1.64. The Morgan fingerprint density at radius 2 is 1.77 bits per heavy atom. The SMILES string of the molecule is CC.CCN1C(=O)OC(C)(C)C1=O. The maximum atomic E-state index is 11.2. The predicted molar refractivity (Wildman–Crippen MR) is 49.3 cm³/mol. The number of hydrogen-bond acceptors (Lipinski definition) is 3. The molecule has 0 atom stereocenters. The van der Waals surface area contributed by atoms with Crippen molar-refractivity contribution in [1.29, 1.82) is 0 Å². The van der Waals surface area contributed by atoms with Crippen molar-refractivity contribution in [3.05, 3.63) is 0 Å². The fourth-order valence-corrected chi connectivity index (χ4v) is 0.998. The Kier molecular flexibility index (Phi) is 3.91. The van der Waals surface area contributed by atoms with Crippen molar-refractivity contribution >= 4 is 12.0 Å². The second-order valence-electron chi connectivity index (χ2n) is 2.93. The molecule has 2 amide bonds. The van der Waals surface area contributed by atoms with Gasteiger partial charge in [0.2, 0.25) is 0 Å². The van der Waals surface area contributed by atoms with Crippen LogP contribution in [0.2, 0.25) is 0 Å². The standard InChI is InChI=1S/C7H11NO3.C2H6/c1-4-8-5(9)7(2,3)11-6(8)10;1-2/h4H2,1-3H3;1-2H3. The van der Waals surface area contributed by atoms with E-state index in [-0.39, 0.29) is 5.91 Å². The second-order valence-corrected chi connectivity index (χ2v) is 2.93. The summed E-state index contributed by atoms with van der Waals surface area (Å²) < 4.78 is 4.80. The lowest BCUT2D eigenvalue weighted by molar-refractivity contribution is -0.134. The van der Waals surface area contributed by atoms with Crippen molar-refractivity contribution in [3.63, 3.8) is 0 Å². The molecule has 0 unspecified atom stereocenters. The molecule has 1 fully saturated rings. The highest BCUT2D eigenvalue weighted by Gasteiger charge is 2.46. The van der Waals surface area contributed by atoms with E-state index in [2.05, 4.69) is 0 Å². The van der Waals surface area contributed by atoms with Crippen LogP contribution >= 0.6 is 0 Å². The van der Waals surface area contributed by atoms with E-state index in [9.17, 15) is 9.59 Å². The summed E-state index contributed by atoms with van der Waals surface area (Å²) in [5, 5.41) is 0. The normalized spacial score (nSPS) is 19.3. The molecular formula is C9H17NO3. The number of carbonyl (C=O) groups is 2. The fraction of sp³-hybridized carbons (Fsp3) is 0.778. The van der Waals surface area contributed by atoms with Gasteiger partial charge in [-0.3, -0.25) is 4.79 Å². The topological polar surface area (TPSA) is 46.6 Å². The van der Waals surface area contributed by atoms with E-state index in [1.807, 2.05) is 13.8 Å². The number of rotatable bonds is 1. The van der Waals surface area contributed by atoms with Crippen LogP contribution in [0.5, 0.6) is 0 Å². The molecule has 0 aromatic heterocycles. The van der Waals surface area contributed by atoms with Gasteiger partial charge in [-0.15, -0.1) is 0 Å². The molecule has 76 valence electrons. The van der Waals surface area contributed by atoms with Gasteiger partial charge in [-0.1, -0.05) is 13.8 Å². The van der Waals surface area contributed by atoms with Gasteiger partial charge in [0, 0.05) is 6.54 Å². The second kappa shape index (κ2) is 4.25. The summed E-state index contributed by atoms with van der Waals surface area (Å²) in [7, 11) is 0. The first-order valence-electron chi connectivity index (χ1n) is 4.54. The maximum Gasteiger partial charge on any atom is 0.417 e. The average Bonchev–Trinajstić information content (AvgIpc) is 2.26. The van der Waals surface area contributed by atoms with Crippen molar-refractivity contribution in [2.24, 2.45) is 0 Å². The van der Waals surface area contributed by atoms with Crippen LogP contribution in [-0.2, 0) is 9.53 Å². The zero-order valence-electron chi connectivity index (χ0n) is 8.88. The van der Waals surface area contributed by atoms with Gasteiger partial charge in [0.15, 0.2) is 5.60 Å². The van der Waals surface area contributed by atoms with Crippen molar-refractivity contribution in [2.45, 2.75) is 40.2 Å². The zero-order valence-corrected chi connectivity index (χ0v) is 8.88. The molecule has 0 radical (unpaired) electrons.